The van der Waals surface area contributed by atoms with Crippen molar-refractivity contribution < 1.29 is 4.79 Å². The second-order valence-corrected chi connectivity index (χ2v) is 5.10. The Morgan fingerprint density at radius 2 is 2.17 bits per heavy atom. The third-order valence-corrected chi connectivity index (χ3v) is 3.70. The fourth-order valence-electron chi connectivity index (χ4n) is 1.54. The molecule has 0 saturated heterocycles. The van der Waals surface area contributed by atoms with Gasteiger partial charge in [-0.25, -0.2) is 4.98 Å². The molecule has 18 heavy (non-hydrogen) atoms. The highest BCUT2D eigenvalue weighted by Crippen LogP contribution is 2.24. The van der Waals surface area contributed by atoms with Gasteiger partial charge in [-0.3, -0.25) is 4.79 Å². The molecule has 1 heterocycles. The van der Waals surface area contributed by atoms with E-state index in [9.17, 15) is 4.79 Å². The molecule has 1 aromatic rings. The van der Waals surface area contributed by atoms with Crippen LogP contribution in [0, 0.1) is 6.92 Å². The highest BCUT2D eigenvalue weighted by atomic mass is 32.1. The Labute approximate surface area is 113 Å². The zero-order valence-corrected chi connectivity index (χ0v) is 12.0. The quantitative estimate of drug-likeness (QED) is 0.554. The van der Waals surface area contributed by atoms with Gasteiger partial charge in [-0.2, -0.15) is 0 Å². The molecule has 0 spiro atoms. The van der Waals surface area contributed by atoms with Gasteiger partial charge in [0.25, 0.3) is 0 Å². The molecule has 0 fully saturated rings. The summed E-state index contributed by atoms with van der Waals surface area (Å²) in [6.45, 7) is 9.96. The van der Waals surface area contributed by atoms with Gasteiger partial charge >= 0.3 is 0 Å². The zero-order chi connectivity index (χ0) is 13.5. The number of aromatic nitrogens is 1. The topological polar surface area (TPSA) is 30.0 Å². The average Bonchev–Trinajstić information content (AvgIpc) is 2.71. The molecule has 1 aromatic heterocycles. The predicted octanol–water partition coefficient (Wildman–Crippen LogP) is 4.58. The maximum Gasteiger partial charge on any atom is 0.161 e. The number of carbonyl (C=O) groups excluding carboxylic acids is 1. The van der Waals surface area contributed by atoms with Gasteiger partial charge in [0.05, 0.1) is 10.6 Å². The number of carbonyl (C=O) groups is 1. The standard InChI is InChI=1S/C15H19NOS/c1-5-7-11(3)8-9-13(6-2)15-16-12(4)14(10-17)18-15/h6,8-10H,3,5,7H2,1-2,4H3/b9-8-,13-6+. The molecule has 0 aliphatic heterocycles. The smallest absolute Gasteiger partial charge is 0.161 e. The largest absolute Gasteiger partial charge is 0.297 e. The first-order valence-electron chi connectivity index (χ1n) is 6.07. The van der Waals surface area contributed by atoms with Crippen molar-refractivity contribution in [3.63, 3.8) is 0 Å². The number of aldehydes is 1. The van der Waals surface area contributed by atoms with E-state index in [4.69, 9.17) is 0 Å². The first-order valence-corrected chi connectivity index (χ1v) is 6.89. The summed E-state index contributed by atoms with van der Waals surface area (Å²) in [5.74, 6) is 0. The van der Waals surface area contributed by atoms with Crippen LogP contribution >= 0.6 is 11.3 Å². The normalized spacial score (nSPS) is 12.1. The van der Waals surface area contributed by atoms with Crippen LogP contribution in [-0.4, -0.2) is 11.3 Å². The summed E-state index contributed by atoms with van der Waals surface area (Å²) in [7, 11) is 0. The number of rotatable bonds is 6. The molecule has 3 heteroatoms. The van der Waals surface area contributed by atoms with E-state index in [2.05, 4.69) is 18.5 Å². The minimum Gasteiger partial charge on any atom is -0.297 e. The second kappa shape index (κ2) is 7.07. The fourth-order valence-corrected chi connectivity index (χ4v) is 2.48. The second-order valence-electron chi connectivity index (χ2n) is 4.07. The molecule has 2 nitrogen and oxygen atoms in total. The maximum atomic E-state index is 10.8. The predicted molar refractivity (Wildman–Crippen MR) is 79.1 cm³/mol. The van der Waals surface area contributed by atoms with Gasteiger partial charge < -0.3 is 0 Å². The zero-order valence-electron chi connectivity index (χ0n) is 11.2. The van der Waals surface area contributed by atoms with E-state index < -0.39 is 0 Å². The molecule has 0 aliphatic rings. The first kappa shape index (κ1) is 14.6. The summed E-state index contributed by atoms with van der Waals surface area (Å²) >= 11 is 1.43. The van der Waals surface area contributed by atoms with Crippen LogP contribution in [0.15, 0.2) is 30.4 Å². The van der Waals surface area contributed by atoms with Crippen LogP contribution in [0.2, 0.25) is 0 Å². The van der Waals surface area contributed by atoms with E-state index in [0.717, 1.165) is 41.0 Å². The number of allylic oxidation sites excluding steroid dienone is 5. The Hall–Kier alpha value is -1.48. The third-order valence-electron chi connectivity index (χ3n) is 2.57. The Bertz CT molecular complexity index is 495. The van der Waals surface area contributed by atoms with Crippen LogP contribution in [-0.2, 0) is 0 Å². The highest BCUT2D eigenvalue weighted by molar-refractivity contribution is 7.14. The molecule has 0 bridgehead atoms. The Balaban J connectivity index is 2.90. The van der Waals surface area contributed by atoms with Crippen LogP contribution < -0.4 is 0 Å². The molecule has 0 aliphatic carbocycles. The van der Waals surface area contributed by atoms with Crippen LogP contribution in [0.4, 0.5) is 0 Å². The lowest BCUT2D eigenvalue weighted by molar-refractivity contribution is 0.112. The summed E-state index contributed by atoms with van der Waals surface area (Å²) in [5, 5.41) is 0.887. The lowest BCUT2D eigenvalue weighted by Gasteiger charge is -1.98. The van der Waals surface area contributed by atoms with E-state index in [1.54, 1.807) is 0 Å². The SMILES string of the molecule is C=C(/C=C\C(=C/C)c1nc(C)c(C=O)s1)CCC. The van der Waals surface area contributed by atoms with E-state index in [1.165, 1.54) is 11.3 Å². The summed E-state index contributed by atoms with van der Waals surface area (Å²) in [5.41, 5.74) is 2.94. The molecule has 0 N–H and O–H groups in total. The molecule has 0 unspecified atom stereocenters. The molecule has 0 radical (unpaired) electrons. The molecule has 0 amide bonds. The van der Waals surface area contributed by atoms with E-state index >= 15 is 0 Å². The van der Waals surface area contributed by atoms with Gasteiger partial charge in [0.15, 0.2) is 6.29 Å². The van der Waals surface area contributed by atoms with Gasteiger partial charge in [-0.15, -0.1) is 11.3 Å². The van der Waals surface area contributed by atoms with Gasteiger partial charge in [0.1, 0.15) is 5.01 Å². The monoisotopic (exact) mass is 261 g/mol. The maximum absolute atomic E-state index is 10.8. The number of hydrogen-bond donors (Lipinski definition) is 0. The summed E-state index contributed by atoms with van der Waals surface area (Å²) in [6.07, 6.45) is 9.01. The van der Waals surface area contributed by atoms with Crippen molar-refractivity contribution in [2.24, 2.45) is 0 Å². The van der Waals surface area contributed by atoms with Gasteiger partial charge in [0, 0.05) is 5.57 Å². The van der Waals surface area contributed by atoms with Crippen molar-refractivity contribution in [3.05, 3.63) is 46.0 Å². The van der Waals surface area contributed by atoms with Crippen molar-refractivity contribution in [3.8, 4) is 0 Å². The van der Waals surface area contributed by atoms with Gasteiger partial charge in [0.2, 0.25) is 0 Å². The minimum atomic E-state index is 0.699. The Morgan fingerprint density at radius 3 is 2.67 bits per heavy atom. The Kier molecular flexibility index (Phi) is 5.72. The molecule has 96 valence electrons. The van der Waals surface area contributed by atoms with Crippen LogP contribution in [0.25, 0.3) is 5.57 Å². The van der Waals surface area contributed by atoms with Crippen LogP contribution in [0.3, 0.4) is 0 Å². The number of hydrogen-bond acceptors (Lipinski definition) is 3. The third kappa shape index (κ3) is 3.77. The lowest BCUT2D eigenvalue weighted by Crippen LogP contribution is -1.81. The van der Waals surface area contributed by atoms with Crippen molar-refractivity contribution in [2.75, 3.05) is 0 Å². The van der Waals surface area contributed by atoms with Crippen LogP contribution in [0.1, 0.15) is 47.1 Å². The average molecular weight is 261 g/mol. The minimum absolute atomic E-state index is 0.699. The van der Waals surface area contributed by atoms with E-state index in [-0.39, 0.29) is 0 Å². The van der Waals surface area contributed by atoms with Crippen molar-refractivity contribution in [1.82, 2.24) is 4.98 Å². The van der Waals surface area contributed by atoms with Crippen molar-refractivity contribution >= 4 is 23.2 Å². The molecular formula is C15H19NOS. The summed E-state index contributed by atoms with van der Waals surface area (Å²) in [6, 6.07) is 0. The molecule has 0 aromatic carbocycles. The lowest BCUT2D eigenvalue weighted by atomic mass is 10.1. The molecule has 0 atom stereocenters. The first-order chi connectivity index (χ1) is 8.62. The van der Waals surface area contributed by atoms with Gasteiger partial charge in [-0.05, 0) is 20.3 Å². The summed E-state index contributed by atoms with van der Waals surface area (Å²) < 4.78 is 0. The van der Waals surface area contributed by atoms with Gasteiger partial charge in [-0.1, -0.05) is 43.7 Å². The number of thiazole rings is 1. The number of nitrogens with zero attached hydrogens (tertiary/aromatic N) is 1. The highest BCUT2D eigenvalue weighted by Gasteiger charge is 2.08. The van der Waals surface area contributed by atoms with Crippen molar-refractivity contribution in [1.29, 1.82) is 0 Å². The van der Waals surface area contributed by atoms with E-state index in [0.29, 0.717) is 4.88 Å². The number of aryl methyl sites for hydroxylation is 1. The molecule has 1 rings (SSSR count). The molecular weight excluding hydrogens is 242 g/mol. The van der Waals surface area contributed by atoms with E-state index in [1.807, 2.05) is 32.1 Å². The summed E-state index contributed by atoms with van der Waals surface area (Å²) in [4.78, 5) is 15.9. The fraction of sp³-hybridized carbons (Fsp3) is 0.333. The van der Waals surface area contributed by atoms with Crippen molar-refractivity contribution in [2.45, 2.75) is 33.6 Å². The molecule has 0 saturated carbocycles. The van der Waals surface area contributed by atoms with Crippen LogP contribution in [0.5, 0.6) is 0 Å². The Morgan fingerprint density at radius 1 is 1.44 bits per heavy atom.